The molecular weight excluding hydrogens is 443 g/mol. The zero-order valence-corrected chi connectivity index (χ0v) is 18.8. The first kappa shape index (κ1) is 21.7. The molecular formula is C24H23FN4O3S. The molecule has 2 aromatic rings. The number of hydrogen-bond acceptors (Lipinski definition) is 5. The van der Waals surface area contributed by atoms with Crippen LogP contribution < -0.4 is 5.32 Å². The van der Waals surface area contributed by atoms with Crippen molar-refractivity contribution in [2.24, 2.45) is 0 Å². The molecule has 1 unspecified atom stereocenters. The van der Waals surface area contributed by atoms with E-state index in [2.05, 4.69) is 15.1 Å². The van der Waals surface area contributed by atoms with E-state index in [9.17, 15) is 18.8 Å². The first-order valence-corrected chi connectivity index (χ1v) is 11.9. The molecule has 0 saturated carbocycles. The summed E-state index contributed by atoms with van der Waals surface area (Å²) in [5, 5.41) is 3.00. The van der Waals surface area contributed by atoms with Gasteiger partial charge in [0.15, 0.2) is 0 Å². The van der Waals surface area contributed by atoms with Crippen LogP contribution in [0.5, 0.6) is 0 Å². The Hall–Kier alpha value is -3.09. The van der Waals surface area contributed by atoms with Crippen LogP contribution in [0.15, 0.2) is 24.3 Å². The van der Waals surface area contributed by atoms with Crippen molar-refractivity contribution in [2.45, 2.75) is 50.7 Å². The van der Waals surface area contributed by atoms with Crippen LogP contribution in [0.25, 0.3) is 4.85 Å². The molecule has 1 atom stereocenters. The normalized spacial score (nSPS) is 21.8. The Morgan fingerprint density at radius 2 is 1.94 bits per heavy atom. The SMILES string of the molecule is [C-]#[N+]c1ccc(CN2CCC(c3cc(F)cc4c3CN(C3CCC(=O)NC3=O)C4=O)CC2)s1. The maximum atomic E-state index is 14.5. The van der Waals surface area contributed by atoms with Crippen LogP contribution in [-0.2, 0) is 22.7 Å². The highest BCUT2D eigenvalue weighted by Crippen LogP contribution is 2.38. The second-order valence-corrected chi connectivity index (χ2v) is 9.97. The Kier molecular flexibility index (Phi) is 5.72. The average Bonchev–Trinajstić information content (AvgIpc) is 3.38. The standard InChI is InChI=1S/C24H23FN4O3S/c1-26-22-5-2-16(33-22)12-28-8-6-14(7-9-28)17-10-15(25)11-18-19(17)13-29(24(18)32)20-3-4-21(30)27-23(20)31/h2,5,10-11,14,20H,3-4,6-9,12-13H2,(H,27,30,31). The Labute approximate surface area is 195 Å². The highest BCUT2D eigenvalue weighted by Gasteiger charge is 2.41. The van der Waals surface area contributed by atoms with E-state index in [1.54, 1.807) is 6.07 Å². The van der Waals surface area contributed by atoms with Crippen molar-refractivity contribution in [2.75, 3.05) is 13.1 Å². The number of imide groups is 1. The Bertz CT molecular complexity index is 1180. The van der Waals surface area contributed by atoms with Gasteiger partial charge in [-0.05, 0) is 67.6 Å². The summed E-state index contributed by atoms with van der Waals surface area (Å²) in [6.07, 6.45) is 2.18. The average molecular weight is 467 g/mol. The van der Waals surface area contributed by atoms with Gasteiger partial charge in [-0.25, -0.2) is 9.24 Å². The van der Waals surface area contributed by atoms with Crippen molar-refractivity contribution >= 4 is 34.1 Å². The topological polar surface area (TPSA) is 74.1 Å². The number of hydrogen-bond donors (Lipinski definition) is 1. The number of nitrogens with zero attached hydrogens (tertiary/aromatic N) is 3. The van der Waals surface area contributed by atoms with Gasteiger partial charge in [-0.15, -0.1) is 0 Å². The summed E-state index contributed by atoms with van der Waals surface area (Å²) in [7, 11) is 0. The van der Waals surface area contributed by atoms with Gasteiger partial charge < -0.3 is 4.90 Å². The molecule has 3 aliphatic heterocycles. The van der Waals surface area contributed by atoms with Gasteiger partial charge >= 0.3 is 0 Å². The quantitative estimate of drug-likeness (QED) is 0.552. The molecule has 3 aliphatic rings. The zero-order valence-electron chi connectivity index (χ0n) is 18.0. The van der Waals surface area contributed by atoms with Crippen LogP contribution in [0.3, 0.4) is 0 Å². The van der Waals surface area contributed by atoms with Crippen molar-refractivity contribution in [1.82, 2.24) is 15.1 Å². The summed E-state index contributed by atoms with van der Waals surface area (Å²) in [6.45, 7) is 9.89. The number of carbonyl (C=O) groups excluding carboxylic acids is 3. The fourth-order valence-electron chi connectivity index (χ4n) is 5.15. The lowest BCUT2D eigenvalue weighted by atomic mass is 9.85. The van der Waals surface area contributed by atoms with Gasteiger partial charge in [0.05, 0.1) is 6.57 Å². The minimum atomic E-state index is -0.702. The number of halogens is 1. The molecule has 0 aliphatic carbocycles. The van der Waals surface area contributed by atoms with Crippen molar-refractivity contribution in [3.63, 3.8) is 0 Å². The fourth-order valence-corrected chi connectivity index (χ4v) is 5.99. The van der Waals surface area contributed by atoms with Gasteiger partial charge in [0, 0.05) is 30.0 Å². The second kappa shape index (κ2) is 8.69. The van der Waals surface area contributed by atoms with Crippen molar-refractivity contribution in [3.8, 4) is 0 Å². The van der Waals surface area contributed by atoms with Gasteiger partial charge in [0.1, 0.15) is 11.9 Å². The van der Waals surface area contributed by atoms with Crippen LogP contribution in [0, 0.1) is 12.4 Å². The minimum Gasteiger partial charge on any atom is -0.322 e. The van der Waals surface area contributed by atoms with Crippen LogP contribution in [0.4, 0.5) is 9.39 Å². The summed E-state index contributed by atoms with van der Waals surface area (Å²) in [4.78, 5) is 45.3. The first-order chi connectivity index (χ1) is 15.9. The number of benzene rings is 1. The maximum absolute atomic E-state index is 14.5. The molecule has 5 rings (SSSR count). The molecule has 3 amide bonds. The van der Waals surface area contributed by atoms with E-state index in [0.29, 0.717) is 17.0 Å². The number of likely N-dealkylation sites (tertiary alicyclic amines) is 1. The first-order valence-electron chi connectivity index (χ1n) is 11.1. The maximum Gasteiger partial charge on any atom is 0.255 e. The molecule has 0 radical (unpaired) electrons. The number of fused-ring (bicyclic) bond motifs is 1. The molecule has 170 valence electrons. The molecule has 9 heteroatoms. The van der Waals surface area contributed by atoms with Crippen molar-refractivity contribution < 1.29 is 18.8 Å². The third kappa shape index (κ3) is 4.16. The van der Waals surface area contributed by atoms with Gasteiger partial charge in [-0.3, -0.25) is 24.6 Å². The lowest BCUT2D eigenvalue weighted by Crippen LogP contribution is -2.52. The number of amides is 3. The highest BCUT2D eigenvalue weighted by atomic mass is 32.1. The Morgan fingerprint density at radius 3 is 2.64 bits per heavy atom. The van der Waals surface area contributed by atoms with Gasteiger partial charge in [-0.2, -0.15) is 11.3 Å². The molecule has 4 heterocycles. The van der Waals surface area contributed by atoms with E-state index < -0.39 is 17.8 Å². The van der Waals surface area contributed by atoms with Crippen LogP contribution >= 0.6 is 11.3 Å². The van der Waals surface area contributed by atoms with E-state index in [-0.39, 0.29) is 30.7 Å². The molecule has 2 fully saturated rings. The third-order valence-electron chi connectivity index (χ3n) is 6.82. The lowest BCUT2D eigenvalue weighted by molar-refractivity contribution is -0.136. The van der Waals surface area contributed by atoms with Crippen LogP contribution in [0.2, 0.25) is 0 Å². The summed E-state index contributed by atoms with van der Waals surface area (Å²) in [5.74, 6) is -1.42. The zero-order chi connectivity index (χ0) is 23.1. The largest absolute Gasteiger partial charge is 0.322 e. The molecule has 0 spiro atoms. The monoisotopic (exact) mass is 466 g/mol. The number of nitrogens with one attached hydrogen (secondary N) is 1. The molecule has 33 heavy (non-hydrogen) atoms. The second-order valence-electron chi connectivity index (χ2n) is 8.82. The van der Waals surface area contributed by atoms with E-state index in [1.165, 1.54) is 22.3 Å². The van der Waals surface area contributed by atoms with E-state index >= 15 is 0 Å². The minimum absolute atomic E-state index is 0.141. The third-order valence-corrected chi connectivity index (χ3v) is 7.78. The number of carbonyl (C=O) groups is 3. The molecule has 1 aromatic heterocycles. The molecule has 1 aromatic carbocycles. The summed E-state index contributed by atoms with van der Waals surface area (Å²) in [6, 6.07) is 5.96. The van der Waals surface area contributed by atoms with Crippen molar-refractivity contribution in [1.29, 1.82) is 0 Å². The highest BCUT2D eigenvalue weighted by molar-refractivity contribution is 7.16. The van der Waals surface area contributed by atoms with Crippen LogP contribution in [-0.4, -0.2) is 46.7 Å². The molecule has 2 saturated heterocycles. The summed E-state index contributed by atoms with van der Waals surface area (Å²) >= 11 is 1.51. The molecule has 1 N–H and O–H groups in total. The van der Waals surface area contributed by atoms with Gasteiger partial charge in [0.2, 0.25) is 16.8 Å². The van der Waals surface area contributed by atoms with Crippen LogP contribution in [0.1, 0.15) is 58.0 Å². The van der Waals surface area contributed by atoms with Crippen molar-refractivity contribution in [3.05, 3.63) is 63.1 Å². The number of rotatable bonds is 4. The number of piperidine rings is 2. The smallest absolute Gasteiger partial charge is 0.255 e. The predicted octanol–water partition coefficient (Wildman–Crippen LogP) is 3.58. The van der Waals surface area contributed by atoms with Gasteiger partial charge in [-0.1, -0.05) is 6.07 Å². The van der Waals surface area contributed by atoms with E-state index in [0.717, 1.165) is 48.5 Å². The molecule has 7 nitrogen and oxygen atoms in total. The Morgan fingerprint density at radius 1 is 1.15 bits per heavy atom. The van der Waals surface area contributed by atoms with E-state index in [4.69, 9.17) is 6.57 Å². The summed E-state index contributed by atoms with van der Waals surface area (Å²) < 4.78 is 14.5. The fraction of sp³-hybridized carbons (Fsp3) is 0.417. The molecule has 0 bridgehead atoms. The van der Waals surface area contributed by atoms with E-state index in [1.807, 2.05) is 12.1 Å². The summed E-state index contributed by atoms with van der Waals surface area (Å²) in [5.41, 5.74) is 2.01. The van der Waals surface area contributed by atoms with Gasteiger partial charge in [0.25, 0.3) is 5.91 Å². The number of thiophene rings is 1. The predicted molar refractivity (Wildman–Crippen MR) is 120 cm³/mol. The lowest BCUT2D eigenvalue weighted by Gasteiger charge is -2.33. The Balaban J connectivity index is 1.31.